The van der Waals surface area contributed by atoms with Crippen LogP contribution in [0.5, 0.6) is 0 Å². The van der Waals surface area contributed by atoms with E-state index in [2.05, 4.69) is 10.3 Å². The molecule has 1 rings (SSSR count). The van der Waals surface area contributed by atoms with Crippen molar-refractivity contribution >= 4 is 10.1 Å². The molecule has 0 fully saturated rings. The minimum Gasteiger partial charge on any atom is -0.389 e. The van der Waals surface area contributed by atoms with Crippen molar-refractivity contribution in [2.75, 3.05) is 0 Å². The number of allylic oxidation sites excluding steroid dienone is 1. The van der Waals surface area contributed by atoms with Gasteiger partial charge in [-0.3, -0.25) is 4.55 Å². The van der Waals surface area contributed by atoms with Crippen molar-refractivity contribution < 1.29 is 17.8 Å². The summed E-state index contributed by atoms with van der Waals surface area (Å²) in [7, 11) is -4.12. The summed E-state index contributed by atoms with van der Waals surface area (Å²) in [6, 6.07) is 0. The molecule has 2 N–H and O–H groups in total. The van der Waals surface area contributed by atoms with Crippen LogP contribution in [0.4, 0.5) is 0 Å². The van der Waals surface area contributed by atoms with Crippen LogP contribution >= 0.6 is 0 Å². The first-order valence-corrected chi connectivity index (χ1v) is 3.80. The van der Waals surface area contributed by atoms with E-state index in [1.165, 1.54) is 12.3 Å². The van der Waals surface area contributed by atoms with Crippen molar-refractivity contribution in [2.45, 2.75) is 0 Å². The van der Waals surface area contributed by atoms with Gasteiger partial charge in [0, 0.05) is 6.20 Å². The van der Waals surface area contributed by atoms with Crippen molar-refractivity contribution in [3.05, 3.63) is 23.4 Å². The van der Waals surface area contributed by atoms with E-state index < -0.39 is 10.1 Å². The molecule has 56 valence electrons. The summed E-state index contributed by atoms with van der Waals surface area (Å²) < 4.78 is 29.0. The van der Waals surface area contributed by atoms with Crippen LogP contribution in [0.2, 0.25) is 0 Å². The van der Waals surface area contributed by atoms with E-state index in [-0.39, 0.29) is 4.91 Å². The maximum Gasteiger partial charge on any atom is 0.297 e. The van der Waals surface area contributed by atoms with E-state index in [9.17, 15) is 8.42 Å². The minimum atomic E-state index is -4.12. The highest BCUT2D eigenvalue weighted by Gasteiger charge is 2.12. The molecule has 10 heavy (non-hydrogen) atoms. The zero-order valence-corrected chi connectivity index (χ0v) is 5.63. The number of rotatable bonds is 1. The molecular weight excluding hydrogens is 158 g/mol. The lowest BCUT2D eigenvalue weighted by atomic mass is 10.6. The van der Waals surface area contributed by atoms with Gasteiger partial charge in [0.05, 0.1) is 0 Å². The second-order valence-corrected chi connectivity index (χ2v) is 2.99. The topological polar surface area (TPSA) is 75.6 Å². The third-order valence-corrected chi connectivity index (χ3v) is 1.68. The summed E-state index contributed by atoms with van der Waals surface area (Å²) in [4.78, 5) is 4.10. The van der Waals surface area contributed by atoms with Crippen molar-refractivity contribution in [3.8, 4) is 0 Å². The van der Waals surface area contributed by atoms with Gasteiger partial charge in [0.25, 0.3) is 10.1 Å². The third-order valence-electron chi connectivity index (χ3n) is 0.857. The maximum atomic E-state index is 10.3. The summed E-state index contributed by atoms with van der Waals surface area (Å²) in [5.41, 5.74) is 2.25. The number of hydroxylamine groups is 1. The van der Waals surface area contributed by atoms with Gasteiger partial charge in [-0.15, -0.1) is 0 Å². The lowest BCUT2D eigenvalue weighted by Gasteiger charge is -2.04. The summed E-state index contributed by atoms with van der Waals surface area (Å²) in [6.07, 6.45) is 3.33. The molecule has 0 aromatic rings. The van der Waals surface area contributed by atoms with E-state index in [1.807, 2.05) is 0 Å². The van der Waals surface area contributed by atoms with Gasteiger partial charge in [0.2, 0.25) is 0 Å². The smallest absolute Gasteiger partial charge is 0.297 e. The van der Waals surface area contributed by atoms with Gasteiger partial charge in [-0.1, -0.05) is 0 Å². The Morgan fingerprint density at radius 3 is 2.60 bits per heavy atom. The fourth-order valence-corrected chi connectivity index (χ4v) is 0.843. The quantitative estimate of drug-likeness (QED) is 0.522. The zero-order valence-electron chi connectivity index (χ0n) is 4.81. The zero-order chi connectivity index (χ0) is 7.61. The van der Waals surface area contributed by atoms with Gasteiger partial charge in [-0.05, 0) is 6.08 Å². The molecule has 0 spiro atoms. The summed E-state index contributed by atoms with van der Waals surface area (Å²) >= 11 is 0. The average molecular weight is 163 g/mol. The van der Waals surface area contributed by atoms with Crippen molar-refractivity contribution in [2.24, 2.45) is 0 Å². The Kier molecular flexibility index (Phi) is 1.64. The second kappa shape index (κ2) is 2.31. The van der Waals surface area contributed by atoms with Crippen molar-refractivity contribution in [1.29, 1.82) is 0 Å². The molecule has 1 heterocycles. The maximum absolute atomic E-state index is 10.3. The van der Waals surface area contributed by atoms with Crippen LogP contribution in [0.3, 0.4) is 0 Å². The molecule has 0 unspecified atom stereocenters. The first-order valence-electron chi connectivity index (χ1n) is 2.36. The average Bonchev–Trinajstić information content (AvgIpc) is 1.88. The molecule has 1 aliphatic rings. The first-order chi connectivity index (χ1) is 4.61. The predicted molar refractivity (Wildman–Crippen MR) is 33.0 cm³/mol. The van der Waals surface area contributed by atoms with Gasteiger partial charge in [-0.25, -0.2) is 5.48 Å². The molecule has 1 aliphatic heterocycles. The SMILES string of the molecule is O=S(=O)(O)C1=CONC=C1. The van der Waals surface area contributed by atoms with E-state index in [0.29, 0.717) is 0 Å². The number of nitrogens with one attached hydrogen (secondary N) is 1. The second-order valence-electron chi connectivity index (χ2n) is 1.56. The lowest BCUT2D eigenvalue weighted by molar-refractivity contribution is 0.171. The van der Waals surface area contributed by atoms with Gasteiger partial charge in [-0.2, -0.15) is 8.42 Å². The van der Waals surface area contributed by atoms with Crippen LogP contribution < -0.4 is 5.48 Å². The fourth-order valence-electron chi connectivity index (χ4n) is 0.434. The van der Waals surface area contributed by atoms with Crippen molar-refractivity contribution in [1.82, 2.24) is 5.48 Å². The standard InChI is InChI=1S/C4H5NO4S/c6-10(7,8)4-1-2-5-9-3-4/h1-3,5H,(H,6,7,8). The number of hydrogen-bond acceptors (Lipinski definition) is 4. The van der Waals surface area contributed by atoms with Gasteiger partial charge in [0.15, 0.2) is 0 Å². The van der Waals surface area contributed by atoms with Crippen LogP contribution in [0.25, 0.3) is 0 Å². The molecule has 0 bridgehead atoms. The molecule has 0 aliphatic carbocycles. The Morgan fingerprint density at radius 1 is 1.60 bits per heavy atom. The Bertz CT molecular complexity index is 276. The molecule has 0 amide bonds. The minimum absolute atomic E-state index is 0.272. The Labute approximate surface area is 57.7 Å². The Morgan fingerprint density at radius 2 is 2.30 bits per heavy atom. The fraction of sp³-hybridized carbons (Fsp3) is 0. The Balaban J connectivity index is 2.94. The van der Waals surface area contributed by atoms with E-state index >= 15 is 0 Å². The molecule has 0 atom stereocenters. The molecule has 6 heteroatoms. The van der Waals surface area contributed by atoms with Crippen LogP contribution in [-0.4, -0.2) is 13.0 Å². The molecule has 0 saturated carbocycles. The van der Waals surface area contributed by atoms with Gasteiger partial charge >= 0.3 is 0 Å². The summed E-state index contributed by atoms with van der Waals surface area (Å²) in [5, 5.41) is 0. The first kappa shape index (κ1) is 7.10. The normalized spacial score (nSPS) is 17.1. The van der Waals surface area contributed by atoms with E-state index in [0.717, 1.165) is 6.26 Å². The van der Waals surface area contributed by atoms with Crippen LogP contribution in [0, 0.1) is 0 Å². The molecule has 5 nitrogen and oxygen atoms in total. The van der Waals surface area contributed by atoms with Crippen molar-refractivity contribution in [3.63, 3.8) is 0 Å². The molecular formula is C4H5NO4S. The van der Waals surface area contributed by atoms with Crippen LogP contribution in [-0.2, 0) is 15.0 Å². The van der Waals surface area contributed by atoms with Crippen LogP contribution in [0.1, 0.15) is 0 Å². The highest BCUT2D eigenvalue weighted by Crippen LogP contribution is 2.07. The summed E-state index contributed by atoms with van der Waals surface area (Å²) in [5.74, 6) is 0. The predicted octanol–water partition coefficient (Wildman–Crippen LogP) is -0.236. The van der Waals surface area contributed by atoms with E-state index in [4.69, 9.17) is 4.55 Å². The van der Waals surface area contributed by atoms with Gasteiger partial charge in [0.1, 0.15) is 11.2 Å². The highest BCUT2D eigenvalue weighted by molar-refractivity contribution is 7.90. The molecule has 0 saturated heterocycles. The summed E-state index contributed by atoms with van der Waals surface area (Å²) in [6.45, 7) is 0. The highest BCUT2D eigenvalue weighted by atomic mass is 32.2. The molecule has 0 aromatic heterocycles. The largest absolute Gasteiger partial charge is 0.389 e. The van der Waals surface area contributed by atoms with E-state index in [1.54, 1.807) is 0 Å². The lowest BCUT2D eigenvalue weighted by Crippen LogP contribution is -2.10. The monoisotopic (exact) mass is 163 g/mol. The molecule has 0 radical (unpaired) electrons. The number of hydrogen-bond donors (Lipinski definition) is 2. The van der Waals surface area contributed by atoms with Gasteiger partial charge < -0.3 is 4.84 Å². The Hall–Kier alpha value is -1.01. The molecule has 0 aromatic carbocycles. The third kappa shape index (κ3) is 1.49. The van der Waals surface area contributed by atoms with Crippen LogP contribution in [0.15, 0.2) is 23.4 Å².